The average molecular weight is 428 g/mol. The van der Waals surface area contributed by atoms with Crippen LogP contribution in [0.2, 0.25) is 0 Å². The van der Waals surface area contributed by atoms with E-state index in [-0.39, 0.29) is 29.4 Å². The van der Waals surface area contributed by atoms with Crippen LogP contribution < -0.4 is 5.32 Å². The van der Waals surface area contributed by atoms with E-state index in [9.17, 15) is 14.7 Å². The predicted octanol–water partition coefficient (Wildman–Crippen LogP) is 4.76. The summed E-state index contributed by atoms with van der Waals surface area (Å²) < 4.78 is 5.52. The van der Waals surface area contributed by atoms with Crippen molar-refractivity contribution in [3.8, 4) is 0 Å². The minimum atomic E-state index is -0.958. The van der Waals surface area contributed by atoms with Gasteiger partial charge in [0.25, 0.3) is 0 Å². The van der Waals surface area contributed by atoms with Gasteiger partial charge in [0.1, 0.15) is 0 Å². The number of carboxylic acids is 1. The Morgan fingerprint density at radius 2 is 1.96 bits per heavy atom. The van der Waals surface area contributed by atoms with Crippen LogP contribution in [0.4, 0.5) is 5.69 Å². The number of hydrogen-bond donors (Lipinski definition) is 2. The molecule has 0 amide bonds. The first-order valence-corrected chi connectivity index (χ1v) is 9.47. The molecule has 3 atom stereocenters. The summed E-state index contributed by atoms with van der Waals surface area (Å²) in [6.07, 6.45) is 5.23. The number of allylic oxidation sites excluding steroid dienone is 2. The molecular weight excluding hydrogens is 410 g/mol. The molecule has 0 unspecified atom stereocenters. The third-order valence-corrected chi connectivity index (χ3v) is 5.81. The van der Waals surface area contributed by atoms with Crippen molar-refractivity contribution in [1.29, 1.82) is 0 Å². The molecule has 4 rings (SSSR count). The molecule has 0 saturated heterocycles. The molecule has 0 aromatic heterocycles. The van der Waals surface area contributed by atoms with Crippen LogP contribution in [0.5, 0.6) is 0 Å². The topological polar surface area (TPSA) is 75.6 Å². The number of anilines is 1. The highest BCUT2D eigenvalue weighted by Crippen LogP contribution is 2.51. The number of rotatable bonds is 3. The summed E-state index contributed by atoms with van der Waals surface area (Å²) >= 11 is 3.44. The minimum absolute atomic E-state index is 0.0385. The quantitative estimate of drug-likeness (QED) is 0.545. The number of benzene rings is 2. The molecule has 138 valence electrons. The average Bonchev–Trinajstić information content (AvgIpc) is 3.16. The van der Waals surface area contributed by atoms with Gasteiger partial charge in [-0.1, -0.05) is 40.2 Å². The van der Waals surface area contributed by atoms with Crippen molar-refractivity contribution in [1.82, 2.24) is 0 Å². The number of methoxy groups -OCH3 is 1. The van der Waals surface area contributed by atoms with Gasteiger partial charge < -0.3 is 15.2 Å². The van der Waals surface area contributed by atoms with E-state index in [1.807, 2.05) is 18.2 Å². The van der Waals surface area contributed by atoms with Gasteiger partial charge >= 0.3 is 11.9 Å². The second-order valence-electron chi connectivity index (χ2n) is 6.81. The van der Waals surface area contributed by atoms with Crippen molar-refractivity contribution in [2.24, 2.45) is 5.92 Å². The molecule has 0 saturated carbocycles. The molecule has 0 radical (unpaired) electrons. The highest BCUT2D eigenvalue weighted by atomic mass is 79.9. The first kappa shape index (κ1) is 17.8. The highest BCUT2D eigenvalue weighted by molar-refractivity contribution is 9.10. The van der Waals surface area contributed by atoms with E-state index in [4.69, 9.17) is 4.74 Å². The van der Waals surface area contributed by atoms with Crippen molar-refractivity contribution in [2.75, 3.05) is 12.4 Å². The Kier molecular flexibility index (Phi) is 4.52. The van der Waals surface area contributed by atoms with Gasteiger partial charge in [-0.3, -0.25) is 0 Å². The van der Waals surface area contributed by atoms with E-state index < -0.39 is 5.97 Å². The van der Waals surface area contributed by atoms with Crippen molar-refractivity contribution in [2.45, 2.75) is 18.4 Å². The van der Waals surface area contributed by atoms with Crippen LogP contribution in [0, 0.1) is 5.92 Å². The monoisotopic (exact) mass is 427 g/mol. The maximum atomic E-state index is 11.8. The zero-order valence-corrected chi connectivity index (χ0v) is 16.2. The third-order valence-electron chi connectivity index (χ3n) is 5.35. The largest absolute Gasteiger partial charge is 0.478 e. The van der Waals surface area contributed by atoms with Gasteiger partial charge in [0, 0.05) is 10.4 Å². The van der Waals surface area contributed by atoms with E-state index in [0.717, 1.165) is 22.0 Å². The summed E-state index contributed by atoms with van der Waals surface area (Å²) in [6, 6.07) is 10.9. The number of carbonyl (C=O) groups is 2. The normalized spacial score (nSPS) is 22.5. The number of ether oxygens (including phenoxy) is 1. The number of carbonyl (C=O) groups excluding carboxylic acids is 1. The Morgan fingerprint density at radius 1 is 1.22 bits per heavy atom. The molecule has 0 fully saturated rings. The molecule has 1 aliphatic carbocycles. The number of fused-ring (bicyclic) bond motifs is 3. The molecule has 27 heavy (non-hydrogen) atoms. The highest BCUT2D eigenvalue weighted by Gasteiger charge is 2.39. The number of carboxylic acid groups (broad SMARTS) is 1. The van der Waals surface area contributed by atoms with Crippen LogP contribution in [0.15, 0.2) is 53.0 Å². The Balaban J connectivity index is 1.77. The molecule has 1 heterocycles. The Bertz CT molecular complexity index is 951. The zero-order chi connectivity index (χ0) is 19.1. The van der Waals surface area contributed by atoms with Crippen LogP contribution in [0.25, 0.3) is 0 Å². The fraction of sp³-hybridized carbons (Fsp3) is 0.238. The Hall–Kier alpha value is -2.60. The van der Waals surface area contributed by atoms with Crippen LogP contribution in [-0.4, -0.2) is 24.2 Å². The lowest BCUT2D eigenvalue weighted by molar-refractivity contribution is 0.0599. The van der Waals surface area contributed by atoms with E-state index in [2.05, 4.69) is 33.4 Å². The summed E-state index contributed by atoms with van der Waals surface area (Å²) in [5, 5.41) is 13.1. The van der Waals surface area contributed by atoms with Gasteiger partial charge in [0.2, 0.25) is 0 Å². The van der Waals surface area contributed by atoms with Crippen molar-refractivity contribution in [3.63, 3.8) is 0 Å². The number of halogens is 1. The number of hydrogen-bond acceptors (Lipinski definition) is 4. The fourth-order valence-electron chi connectivity index (χ4n) is 4.11. The zero-order valence-electron chi connectivity index (χ0n) is 14.6. The minimum Gasteiger partial charge on any atom is -0.478 e. The second-order valence-corrected chi connectivity index (χ2v) is 7.73. The summed E-state index contributed by atoms with van der Waals surface area (Å²) in [5.41, 5.74) is 3.44. The van der Waals surface area contributed by atoms with Gasteiger partial charge in [0.05, 0.1) is 30.0 Å². The van der Waals surface area contributed by atoms with Gasteiger partial charge in [-0.25, -0.2) is 9.59 Å². The lowest BCUT2D eigenvalue weighted by Crippen LogP contribution is -2.30. The molecule has 2 aromatic carbocycles. The molecule has 5 nitrogen and oxygen atoms in total. The van der Waals surface area contributed by atoms with Crippen molar-refractivity contribution >= 4 is 33.6 Å². The summed E-state index contributed by atoms with van der Waals surface area (Å²) in [7, 11) is 1.36. The van der Waals surface area contributed by atoms with Crippen LogP contribution in [-0.2, 0) is 4.74 Å². The first-order chi connectivity index (χ1) is 13.0. The first-order valence-electron chi connectivity index (χ1n) is 8.68. The molecule has 1 aliphatic heterocycles. The number of aromatic carboxylic acids is 1. The van der Waals surface area contributed by atoms with Crippen LogP contribution >= 0.6 is 15.9 Å². The van der Waals surface area contributed by atoms with Crippen LogP contribution in [0.3, 0.4) is 0 Å². The third kappa shape index (κ3) is 3.04. The maximum absolute atomic E-state index is 11.8. The summed E-state index contributed by atoms with van der Waals surface area (Å²) in [6.45, 7) is 0. The number of nitrogens with one attached hydrogen (secondary N) is 1. The molecule has 0 spiro atoms. The van der Waals surface area contributed by atoms with Gasteiger partial charge in [0.15, 0.2) is 0 Å². The molecule has 2 aromatic rings. The van der Waals surface area contributed by atoms with E-state index >= 15 is 0 Å². The summed E-state index contributed by atoms with van der Waals surface area (Å²) in [4.78, 5) is 23.5. The Morgan fingerprint density at radius 3 is 2.63 bits per heavy atom. The van der Waals surface area contributed by atoms with Crippen molar-refractivity contribution in [3.05, 3.63) is 75.3 Å². The van der Waals surface area contributed by atoms with Gasteiger partial charge in [-0.05, 0) is 47.7 Å². The van der Waals surface area contributed by atoms with E-state index in [0.29, 0.717) is 11.3 Å². The van der Waals surface area contributed by atoms with Crippen molar-refractivity contribution < 1.29 is 19.4 Å². The van der Waals surface area contributed by atoms with E-state index in [1.165, 1.54) is 7.11 Å². The maximum Gasteiger partial charge on any atom is 0.337 e. The smallest absolute Gasteiger partial charge is 0.337 e. The number of esters is 1. The van der Waals surface area contributed by atoms with Crippen LogP contribution in [0.1, 0.15) is 50.2 Å². The molecule has 2 N–H and O–H groups in total. The standard InChI is InChI=1S/C21H18BrNO4/c1-27-21(26)12-7-5-11(6-8-12)18-15-4-2-3-14(15)16-9-13(22)10-17(20(24)25)19(16)23-18/h2-3,5-10,14-15,18,23H,4H2,1H3,(H,24,25)/t14-,15-,18-/m0/s1. The lowest BCUT2D eigenvalue weighted by Gasteiger charge is -2.38. The lowest BCUT2D eigenvalue weighted by atomic mass is 9.76. The SMILES string of the molecule is COC(=O)c1ccc([C@@H]2Nc3c(C(=O)O)cc(Br)cc3[C@H]3C=CC[C@@H]32)cc1. The fourth-order valence-corrected chi connectivity index (χ4v) is 4.58. The molecular formula is C21H18BrNO4. The molecule has 2 aliphatic rings. The predicted molar refractivity (Wildman–Crippen MR) is 105 cm³/mol. The molecule has 6 heteroatoms. The molecule has 0 bridgehead atoms. The second kappa shape index (κ2) is 6.85. The Labute approximate surface area is 165 Å². The van der Waals surface area contributed by atoms with Gasteiger partial charge in [-0.2, -0.15) is 0 Å². The summed E-state index contributed by atoms with van der Waals surface area (Å²) in [5.74, 6) is -0.887. The van der Waals surface area contributed by atoms with E-state index in [1.54, 1.807) is 18.2 Å². The van der Waals surface area contributed by atoms with Gasteiger partial charge in [-0.15, -0.1) is 0 Å².